The molecular formula is C20H22ClNO5. The fourth-order valence-electron chi connectivity index (χ4n) is 3.71. The molecule has 1 aliphatic heterocycles. The number of aromatic carboxylic acids is 1. The van der Waals surface area contributed by atoms with Crippen molar-refractivity contribution in [2.24, 2.45) is 0 Å². The van der Waals surface area contributed by atoms with Crippen LogP contribution in [0.1, 0.15) is 48.1 Å². The second-order valence-electron chi connectivity index (χ2n) is 6.62. The van der Waals surface area contributed by atoms with E-state index < -0.39 is 11.4 Å². The Balaban J connectivity index is 2.18. The molecule has 0 aliphatic carbocycles. The first-order chi connectivity index (χ1) is 12.9. The van der Waals surface area contributed by atoms with E-state index in [1.54, 1.807) is 13.2 Å². The molecule has 3 rings (SSSR count). The number of hydrogen-bond donors (Lipinski definition) is 1. The van der Waals surface area contributed by atoms with Crippen LogP contribution >= 0.6 is 11.6 Å². The summed E-state index contributed by atoms with van der Waals surface area (Å²) in [4.78, 5) is 23.7. The van der Waals surface area contributed by atoms with Crippen molar-refractivity contribution < 1.29 is 19.4 Å². The van der Waals surface area contributed by atoms with Crippen LogP contribution in [0.4, 0.5) is 0 Å². The minimum atomic E-state index is -1.22. The number of nitrogens with zero attached hydrogens (tertiary/aromatic N) is 1. The van der Waals surface area contributed by atoms with Gasteiger partial charge >= 0.3 is 5.97 Å². The number of fused-ring (bicyclic) bond motifs is 3. The van der Waals surface area contributed by atoms with Crippen molar-refractivity contribution in [2.75, 3.05) is 20.3 Å². The van der Waals surface area contributed by atoms with Crippen LogP contribution in [0.3, 0.4) is 0 Å². The molecule has 1 aliphatic rings. The normalized spacial score (nSPS) is 17.9. The van der Waals surface area contributed by atoms with Gasteiger partial charge in [-0.2, -0.15) is 0 Å². The molecule has 0 bridgehead atoms. The maximum absolute atomic E-state index is 12.3. The Kier molecular flexibility index (Phi) is 5.58. The second kappa shape index (κ2) is 7.74. The Morgan fingerprint density at radius 2 is 2.04 bits per heavy atom. The minimum absolute atomic E-state index is 0.0270. The smallest absolute Gasteiger partial charge is 0.341 e. The number of aromatic nitrogens is 1. The Labute approximate surface area is 162 Å². The summed E-state index contributed by atoms with van der Waals surface area (Å²) >= 11 is 6.40. The van der Waals surface area contributed by atoms with Crippen LogP contribution in [0.2, 0.25) is 5.02 Å². The van der Waals surface area contributed by atoms with Gasteiger partial charge in [-0.3, -0.25) is 4.79 Å². The van der Waals surface area contributed by atoms with E-state index >= 15 is 0 Å². The van der Waals surface area contributed by atoms with E-state index in [1.807, 2.05) is 17.6 Å². The van der Waals surface area contributed by atoms with Gasteiger partial charge in [-0.15, -0.1) is 0 Å². The molecule has 0 radical (unpaired) electrons. The zero-order valence-corrected chi connectivity index (χ0v) is 16.2. The van der Waals surface area contributed by atoms with Crippen LogP contribution in [0.5, 0.6) is 5.75 Å². The number of carbonyl (C=O) groups is 1. The number of carboxylic acid groups (broad SMARTS) is 1. The molecule has 0 fully saturated rings. The number of carboxylic acids is 1. The van der Waals surface area contributed by atoms with Gasteiger partial charge in [0.15, 0.2) is 5.43 Å². The van der Waals surface area contributed by atoms with Crippen molar-refractivity contribution in [3.8, 4) is 17.0 Å². The molecular weight excluding hydrogens is 370 g/mol. The van der Waals surface area contributed by atoms with E-state index in [0.29, 0.717) is 29.7 Å². The zero-order valence-electron chi connectivity index (χ0n) is 15.5. The van der Waals surface area contributed by atoms with Gasteiger partial charge in [-0.1, -0.05) is 25.4 Å². The van der Waals surface area contributed by atoms with Crippen molar-refractivity contribution in [1.82, 2.24) is 4.57 Å². The van der Waals surface area contributed by atoms with Gasteiger partial charge in [0.1, 0.15) is 17.9 Å². The molecule has 27 heavy (non-hydrogen) atoms. The molecule has 2 aromatic rings. The summed E-state index contributed by atoms with van der Waals surface area (Å²) in [5, 5.41) is 9.75. The van der Waals surface area contributed by atoms with Crippen molar-refractivity contribution >= 4 is 17.6 Å². The standard InChI is InChI=1S/C20H22ClNO5/c1-4-16-11(2)12-8-19(27-6-5-26-3)15(21)7-13(12)17-9-18(23)14(20(24)25)10-22(16)17/h7-11,16H,4-6H2,1-3H3,(H,24,25)/t11-,16+/m0/s1. The van der Waals surface area contributed by atoms with E-state index in [4.69, 9.17) is 21.1 Å². The minimum Gasteiger partial charge on any atom is -0.490 e. The lowest BCUT2D eigenvalue weighted by atomic mass is 9.83. The van der Waals surface area contributed by atoms with Gasteiger partial charge in [0.2, 0.25) is 0 Å². The summed E-state index contributed by atoms with van der Waals surface area (Å²) in [6, 6.07) is 5.12. The van der Waals surface area contributed by atoms with Crippen LogP contribution < -0.4 is 10.2 Å². The van der Waals surface area contributed by atoms with Gasteiger partial charge in [-0.25, -0.2) is 4.79 Å². The fourth-order valence-corrected chi connectivity index (χ4v) is 3.93. The van der Waals surface area contributed by atoms with E-state index in [1.165, 1.54) is 12.3 Å². The van der Waals surface area contributed by atoms with Gasteiger partial charge < -0.3 is 19.1 Å². The van der Waals surface area contributed by atoms with Crippen LogP contribution in [0.15, 0.2) is 29.2 Å². The van der Waals surface area contributed by atoms with Crippen LogP contribution in [0.25, 0.3) is 11.3 Å². The molecule has 0 spiro atoms. The number of benzene rings is 1. The first-order valence-electron chi connectivity index (χ1n) is 8.84. The Morgan fingerprint density at radius 3 is 2.67 bits per heavy atom. The maximum Gasteiger partial charge on any atom is 0.341 e. The Morgan fingerprint density at radius 1 is 1.30 bits per heavy atom. The lowest BCUT2D eigenvalue weighted by molar-refractivity contribution is 0.0694. The third kappa shape index (κ3) is 3.47. The zero-order chi connectivity index (χ0) is 19.7. The Bertz CT molecular complexity index is 937. The lowest BCUT2D eigenvalue weighted by Crippen LogP contribution is -2.27. The first kappa shape index (κ1) is 19.5. The molecule has 0 unspecified atom stereocenters. The molecule has 7 heteroatoms. The van der Waals surface area contributed by atoms with Gasteiger partial charge in [-0.05, 0) is 24.1 Å². The molecule has 1 aromatic carbocycles. The van der Waals surface area contributed by atoms with E-state index in [-0.39, 0.29) is 17.5 Å². The van der Waals surface area contributed by atoms with Crippen molar-refractivity contribution in [1.29, 1.82) is 0 Å². The van der Waals surface area contributed by atoms with Gasteiger partial charge in [0, 0.05) is 36.9 Å². The maximum atomic E-state index is 12.3. The Hall–Kier alpha value is -2.31. The molecule has 144 valence electrons. The van der Waals surface area contributed by atoms with Crippen LogP contribution in [-0.4, -0.2) is 36.0 Å². The molecule has 2 heterocycles. The molecule has 1 N–H and O–H groups in total. The molecule has 0 amide bonds. The van der Waals surface area contributed by atoms with Crippen molar-refractivity contribution in [3.63, 3.8) is 0 Å². The van der Waals surface area contributed by atoms with Crippen LogP contribution in [0, 0.1) is 0 Å². The second-order valence-corrected chi connectivity index (χ2v) is 7.03. The summed E-state index contributed by atoms with van der Waals surface area (Å²) < 4.78 is 12.6. The lowest BCUT2D eigenvalue weighted by Gasteiger charge is -2.35. The molecule has 0 saturated heterocycles. The highest BCUT2D eigenvalue weighted by Gasteiger charge is 2.31. The fraction of sp³-hybridized carbons (Fsp3) is 0.400. The van der Waals surface area contributed by atoms with Gasteiger partial charge in [0.25, 0.3) is 0 Å². The summed E-state index contributed by atoms with van der Waals surface area (Å²) in [5.74, 6) is -0.542. The van der Waals surface area contributed by atoms with E-state index in [2.05, 4.69) is 6.92 Å². The quantitative estimate of drug-likeness (QED) is 0.754. The largest absolute Gasteiger partial charge is 0.490 e. The number of ether oxygens (including phenoxy) is 2. The topological polar surface area (TPSA) is 77.8 Å². The third-order valence-corrected chi connectivity index (χ3v) is 5.37. The number of methoxy groups -OCH3 is 1. The highest BCUT2D eigenvalue weighted by atomic mass is 35.5. The van der Waals surface area contributed by atoms with Gasteiger partial charge in [0.05, 0.1) is 17.3 Å². The van der Waals surface area contributed by atoms with E-state index in [9.17, 15) is 14.7 Å². The molecule has 2 atom stereocenters. The first-order valence-corrected chi connectivity index (χ1v) is 9.21. The average Bonchev–Trinajstić information content (AvgIpc) is 2.63. The third-order valence-electron chi connectivity index (χ3n) is 5.08. The average molecular weight is 392 g/mol. The molecule has 6 nitrogen and oxygen atoms in total. The highest BCUT2D eigenvalue weighted by Crippen LogP contribution is 2.46. The highest BCUT2D eigenvalue weighted by molar-refractivity contribution is 6.32. The summed E-state index contributed by atoms with van der Waals surface area (Å²) in [6.07, 6.45) is 2.24. The number of hydrogen-bond acceptors (Lipinski definition) is 4. The number of pyridine rings is 1. The SMILES string of the molecule is CC[C@@H]1[C@@H](C)c2cc(OCCOC)c(Cl)cc2-c2cc(=O)c(C(=O)O)cn21. The monoisotopic (exact) mass is 391 g/mol. The predicted molar refractivity (Wildman–Crippen MR) is 103 cm³/mol. The van der Waals surface area contributed by atoms with E-state index in [0.717, 1.165) is 17.5 Å². The summed E-state index contributed by atoms with van der Waals surface area (Å²) in [7, 11) is 1.60. The van der Waals surface area contributed by atoms with Crippen molar-refractivity contribution in [3.05, 3.63) is 50.8 Å². The summed E-state index contributed by atoms with van der Waals surface area (Å²) in [6.45, 7) is 4.97. The molecule has 0 saturated carbocycles. The number of rotatable bonds is 6. The van der Waals surface area contributed by atoms with Crippen molar-refractivity contribution in [2.45, 2.75) is 32.2 Å². The summed E-state index contributed by atoms with van der Waals surface area (Å²) in [5.41, 5.74) is 1.79. The number of halogens is 1. The predicted octanol–water partition coefficient (Wildman–Crippen LogP) is 3.96. The van der Waals surface area contributed by atoms with Crippen LogP contribution in [-0.2, 0) is 4.74 Å². The molecule has 1 aromatic heterocycles.